The van der Waals surface area contributed by atoms with Crippen LogP contribution in [0.2, 0.25) is 0 Å². The van der Waals surface area contributed by atoms with Gasteiger partial charge < -0.3 is 14.5 Å². The number of aromatic nitrogens is 2. The minimum atomic E-state index is -0.0279. The number of amides is 2. The van der Waals surface area contributed by atoms with E-state index in [0.29, 0.717) is 32.5 Å². The topological polar surface area (TPSA) is 75.6 Å². The van der Waals surface area contributed by atoms with Gasteiger partial charge in [-0.3, -0.25) is 19.6 Å². The molecule has 1 aliphatic rings. The maximum atomic E-state index is 12.4. The summed E-state index contributed by atoms with van der Waals surface area (Å²) < 4.78 is 5.14. The van der Waals surface area contributed by atoms with E-state index in [9.17, 15) is 9.59 Å². The van der Waals surface area contributed by atoms with Crippen molar-refractivity contribution in [3.8, 4) is 5.75 Å². The molecule has 1 aliphatic heterocycles. The van der Waals surface area contributed by atoms with Crippen molar-refractivity contribution < 1.29 is 14.3 Å². The first-order chi connectivity index (χ1) is 12.7. The molecule has 1 aromatic carbocycles. The Morgan fingerprint density at radius 3 is 2.65 bits per heavy atom. The molecule has 7 nitrogen and oxygen atoms in total. The minimum Gasteiger partial charge on any atom is -0.497 e. The van der Waals surface area contributed by atoms with Gasteiger partial charge in [-0.15, -0.1) is 0 Å². The van der Waals surface area contributed by atoms with Gasteiger partial charge in [-0.05, 0) is 24.1 Å². The van der Waals surface area contributed by atoms with Crippen molar-refractivity contribution >= 4 is 11.8 Å². The Morgan fingerprint density at radius 2 is 2.00 bits per heavy atom. The molecule has 2 aromatic rings. The number of rotatable bonds is 6. The lowest BCUT2D eigenvalue weighted by Gasteiger charge is -2.34. The lowest BCUT2D eigenvalue weighted by Crippen LogP contribution is -2.51. The zero-order valence-corrected chi connectivity index (χ0v) is 14.8. The number of benzene rings is 1. The molecule has 1 aromatic heterocycles. The Balaban J connectivity index is 1.49. The van der Waals surface area contributed by atoms with Crippen LogP contribution in [0.3, 0.4) is 0 Å². The van der Waals surface area contributed by atoms with Crippen LogP contribution in [0.25, 0.3) is 0 Å². The van der Waals surface area contributed by atoms with Crippen LogP contribution in [0.1, 0.15) is 17.7 Å². The highest BCUT2D eigenvalue weighted by Crippen LogP contribution is 2.15. The van der Waals surface area contributed by atoms with Crippen LogP contribution in [0.4, 0.5) is 0 Å². The van der Waals surface area contributed by atoms with Crippen molar-refractivity contribution in [2.45, 2.75) is 19.4 Å². The average molecular weight is 354 g/mol. The number of aryl methyl sites for hydroxylation is 1. The van der Waals surface area contributed by atoms with Crippen molar-refractivity contribution in [1.82, 2.24) is 19.8 Å². The van der Waals surface area contributed by atoms with Gasteiger partial charge in [0.25, 0.3) is 0 Å². The van der Waals surface area contributed by atoms with Gasteiger partial charge >= 0.3 is 0 Å². The van der Waals surface area contributed by atoms with Crippen LogP contribution in [0, 0.1) is 0 Å². The predicted octanol–water partition coefficient (Wildman–Crippen LogP) is 1.29. The smallest absolute Gasteiger partial charge is 0.242 e. The first-order valence-corrected chi connectivity index (χ1v) is 8.59. The van der Waals surface area contributed by atoms with E-state index in [1.807, 2.05) is 24.3 Å². The number of piperazine rings is 1. The van der Waals surface area contributed by atoms with E-state index in [4.69, 9.17) is 4.74 Å². The number of hydrogen-bond acceptors (Lipinski definition) is 5. The predicted molar refractivity (Wildman–Crippen MR) is 95.3 cm³/mol. The second-order valence-corrected chi connectivity index (χ2v) is 6.18. The number of carbonyl (C=O) groups is 2. The summed E-state index contributed by atoms with van der Waals surface area (Å²) in [5, 5.41) is 0. The number of ether oxygens (including phenoxy) is 1. The average Bonchev–Trinajstić information content (AvgIpc) is 2.69. The fourth-order valence-electron chi connectivity index (χ4n) is 2.89. The third kappa shape index (κ3) is 4.56. The molecule has 1 saturated heterocycles. The summed E-state index contributed by atoms with van der Waals surface area (Å²) in [5.41, 5.74) is 1.83. The molecule has 0 spiro atoms. The highest BCUT2D eigenvalue weighted by molar-refractivity contribution is 5.86. The molecule has 0 unspecified atom stereocenters. The van der Waals surface area contributed by atoms with E-state index in [1.165, 1.54) is 0 Å². The number of nitrogens with zero attached hydrogens (tertiary/aromatic N) is 4. The standard InChI is InChI=1S/C19H22N4O3/c1-26-17-5-2-15(3-6-17)13-22-10-11-23(14-19(22)25)18(24)7-4-16-12-20-8-9-21-16/h2-3,5-6,8-9,12H,4,7,10-11,13-14H2,1H3. The van der Waals surface area contributed by atoms with E-state index in [2.05, 4.69) is 9.97 Å². The van der Waals surface area contributed by atoms with E-state index in [1.54, 1.807) is 35.5 Å². The molecule has 0 N–H and O–H groups in total. The van der Waals surface area contributed by atoms with E-state index in [0.717, 1.165) is 17.0 Å². The molecule has 3 rings (SSSR count). The SMILES string of the molecule is COc1ccc(CN2CCN(C(=O)CCc3cnccn3)CC2=O)cc1. The monoisotopic (exact) mass is 354 g/mol. The summed E-state index contributed by atoms with van der Waals surface area (Å²) in [6.45, 7) is 1.78. The molecule has 2 amide bonds. The van der Waals surface area contributed by atoms with Gasteiger partial charge in [0.15, 0.2) is 0 Å². The highest BCUT2D eigenvalue weighted by atomic mass is 16.5. The number of methoxy groups -OCH3 is 1. The van der Waals surface area contributed by atoms with E-state index >= 15 is 0 Å². The first-order valence-electron chi connectivity index (χ1n) is 8.59. The van der Waals surface area contributed by atoms with Crippen LogP contribution in [-0.2, 0) is 22.6 Å². The molecule has 0 bridgehead atoms. The Bertz CT molecular complexity index is 749. The summed E-state index contributed by atoms with van der Waals surface area (Å²) in [7, 11) is 1.62. The van der Waals surface area contributed by atoms with E-state index < -0.39 is 0 Å². The van der Waals surface area contributed by atoms with Gasteiger partial charge in [-0.2, -0.15) is 0 Å². The second kappa shape index (κ2) is 8.42. The molecule has 1 fully saturated rings. The van der Waals surface area contributed by atoms with Gasteiger partial charge in [-0.25, -0.2) is 0 Å². The van der Waals surface area contributed by atoms with Crippen LogP contribution in [0.15, 0.2) is 42.9 Å². The summed E-state index contributed by atoms with van der Waals surface area (Å²) >= 11 is 0. The second-order valence-electron chi connectivity index (χ2n) is 6.18. The van der Waals surface area contributed by atoms with Gasteiger partial charge in [0.1, 0.15) is 5.75 Å². The first kappa shape index (κ1) is 17.8. The number of hydrogen-bond donors (Lipinski definition) is 0. The molecule has 0 aliphatic carbocycles. The van der Waals surface area contributed by atoms with Crippen molar-refractivity contribution in [3.63, 3.8) is 0 Å². The van der Waals surface area contributed by atoms with Crippen LogP contribution in [0.5, 0.6) is 5.75 Å². The lowest BCUT2D eigenvalue weighted by atomic mass is 10.1. The zero-order valence-electron chi connectivity index (χ0n) is 14.8. The fourth-order valence-corrected chi connectivity index (χ4v) is 2.89. The van der Waals surface area contributed by atoms with Gasteiger partial charge in [0.05, 0.1) is 19.3 Å². The Morgan fingerprint density at radius 1 is 1.19 bits per heavy atom. The Labute approximate surface area is 152 Å². The summed E-state index contributed by atoms with van der Waals surface area (Å²) in [5.74, 6) is 0.742. The Kier molecular flexibility index (Phi) is 5.78. The largest absolute Gasteiger partial charge is 0.497 e. The minimum absolute atomic E-state index is 0.0203. The maximum absolute atomic E-state index is 12.4. The molecule has 7 heteroatoms. The van der Waals surface area contributed by atoms with Crippen molar-refractivity contribution in [3.05, 3.63) is 54.1 Å². The van der Waals surface area contributed by atoms with Crippen molar-refractivity contribution in [2.75, 3.05) is 26.7 Å². The third-order valence-electron chi connectivity index (χ3n) is 4.42. The fraction of sp³-hybridized carbons (Fsp3) is 0.368. The highest BCUT2D eigenvalue weighted by Gasteiger charge is 2.26. The maximum Gasteiger partial charge on any atom is 0.242 e. The molecule has 0 radical (unpaired) electrons. The van der Waals surface area contributed by atoms with Gasteiger partial charge in [-0.1, -0.05) is 12.1 Å². The molecule has 2 heterocycles. The third-order valence-corrected chi connectivity index (χ3v) is 4.42. The normalized spacial score (nSPS) is 14.4. The zero-order chi connectivity index (χ0) is 18.4. The molecule has 0 atom stereocenters. The molecular weight excluding hydrogens is 332 g/mol. The van der Waals surface area contributed by atoms with Gasteiger partial charge in [0, 0.05) is 44.6 Å². The quantitative estimate of drug-likeness (QED) is 0.781. The summed E-state index contributed by atoms with van der Waals surface area (Å²) in [6, 6.07) is 7.66. The van der Waals surface area contributed by atoms with E-state index in [-0.39, 0.29) is 18.4 Å². The van der Waals surface area contributed by atoms with Crippen molar-refractivity contribution in [1.29, 1.82) is 0 Å². The molecule has 0 saturated carbocycles. The lowest BCUT2D eigenvalue weighted by molar-refractivity contribution is -0.145. The van der Waals surface area contributed by atoms with Gasteiger partial charge in [0.2, 0.25) is 11.8 Å². The summed E-state index contributed by atoms with van der Waals surface area (Å²) in [6.07, 6.45) is 5.75. The van der Waals surface area contributed by atoms with Crippen LogP contribution in [-0.4, -0.2) is 58.3 Å². The van der Waals surface area contributed by atoms with Crippen LogP contribution < -0.4 is 4.74 Å². The summed E-state index contributed by atoms with van der Waals surface area (Å²) in [4.78, 5) is 36.3. The Hall–Kier alpha value is -2.96. The molecular formula is C19H22N4O3. The molecule has 26 heavy (non-hydrogen) atoms. The van der Waals surface area contributed by atoms with Crippen molar-refractivity contribution in [2.24, 2.45) is 0 Å². The van der Waals surface area contributed by atoms with Crippen LogP contribution >= 0.6 is 0 Å². The molecule has 136 valence electrons. The number of carbonyl (C=O) groups excluding carboxylic acids is 2.